The van der Waals surface area contributed by atoms with Gasteiger partial charge in [0.15, 0.2) is 6.10 Å². The summed E-state index contributed by atoms with van der Waals surface area (Å²) in [5.41, 5.74) is 6.24. The molecule has 5 N–H and O–H groups in total. The molecule has 0 spiro atoms. The zero-order valence-corrected chi connectivity index (χ0v) is 8.42. The van der Waals surface area contributed by atoms with Gasteiger partial charge in [-0.15, -0.1) is 0 Å². The van der Waals surface area contributed by atoms with Crippen molar-refractivity contribution in [3.63, 3.8) is 0 Å². The fourth-order valence-electron chi connectivity index (χ4n) is 1.69. The molecule has 0 radical (unpaired) electrons. The average molecular weight is 220 g/mol. The molecule has 16 heavy (non-hydrogen) atoms. The van der Waals surface area contributed by atoms with Gasteiger partial charge in [0.05, 0.1) is 0 Å². The number of H-pyrrole nitrogens is 1. The summed E-state index contributed by atoms with van der Waals surface area (Å²) in [4.78, 5) is 13.8. The van der Waals surface area contributed by atoms with Gasteiger partial charge in [-0.3, -0.25) is 4.79 Å². The second kappa shape index (κ2) is 3.96. The van der Waals surface area contributed by atoms with Crippen LogP contribution in [0.5, 0.6) is 0 Å². The molecule has 1 amide bonds. The molecule has 0 aliphatic heterocycles. The molecule has 0 saturated heterocycles. The molecule has 0 fully saturated rings. The predicted molar refractivity (Wildman–Crippen MR) is 58.5 cm³/mol. The Morgan fingerprint density at radius 1 is 1.31 bits per heavy atom. The van der Waals surface area contributed by atoms with Crippen molar-refractivity contribution in [2.75, 3.05) is 0 Å². The van der Waals surface area contributed by atoms with Crippen LogP contribution in [0.1, 0.15) is 11.7 Å². The summed E-state index contributed by atoms with van der Waals surface area (Å²) in [7, 11) is 0. The Labute approximate surface area is 91.5 Å². The molecule has 2 aromatic rings. The van der Waals surface area contributed by atoms with E-state index in [1.165, 1.54) is 0 Å². The van der Waals surface area contributed by atoms with Crippen LogP contribution < -0.4 is 5.73 Å². The molecule has 5 heteroatoms. The number of primary amides is 1. The van der Waals surface area contributed by atoms with Crippen molar-refractivity contribution in [1.82, 2.24) is 4.98 Å². The maximum atomic E-state index is 10.8. The topological polar surface area (TPSA) is 99.3 Å². The van der Waals surface area contributed by atoms with E-state index in [4.69, 9.17) is 5.73 Å². The summed E-state index contributed by atoms with van der Waals surface area (Å²) >= 11 is 0. The number of carbonyl (C=O) groups excluding carboxylic acids is 1. The third-order valence-corrected chi connectivity index (χ3v) is 2.54. The number of aromatic amines is 1. The van der Waals surface area contributed by atoms with Gasteiger partial charge in [0, 0.05) is 17.1 Å². The van der Waals surface area contributed by atoms with Gasteiger partial charge in [0.1, 0.15) is 6.10 Å². The monoisotopic (exact) mass is 220 g/mol. The maximum Gasteiger partial charge on any atom is 0.249 e. The van der Waals surface area contributed by atoms with Crippen LogP contribution in [0.15, 0.2) is 30.5 Å². The lowest BCUT2D eigenvalue weighted by Gasteiger charge is -2.15. The number of aliphatic hydroxyl groups is 2. The number of hydrogen-bond acceptors (Lipinski definition) is 3. The molecular weight excluding hydrogens is 208 g/mol. The largest absolute Gasteiger partial charge is 0.385 e. The van der Waals surface area contributed by atoms with Crippen molar-refractivity contribution < 1.29 is 15.0 Å². The van der Waals surface area contributed by atoms with Crippen molar-refractivity contribution in [3.8, 4) is 0 Å². The quantitative estimate of drug-likeness (QED) is 0.588. The first-order chi connectivity index (χ1) is 7.61. The Morgan fingerprint density at radius 2 is 2.06 bits per heavy atom. The summed E-state index contributed by atoms with van der Waals surface area (Å²) in [6.07, 6.45) is -1.19. The number of fused-ring (bicyclic) bond motifs is 1. The van der Waals surface area contributed by atoms with Crippen LogP contribution in [0.2, 0.25) is 0 Å². The number of benzene rings is 1. The molecule has 1 heterocycles. The standard InChI is InChI=1S/C11H12N2O3/c12-11(16)10(15)9(14)7-2-1-3-8-6(7)4-5-13-8/h1-5,9-10,13-15H,(H2,12,16). The summed E-state index contributed by atoms with van der Waals surface area (Å²) in [5.74, 6) is -0.944. The van der Waals surface area contributed by atoms with Crippen molar-refractivity contribution >= 4 is 16.8 Å². The fraction of sp³-hybridized carbons (Fsp3) is 0.182. The number of nitrogens with one attached hydrogen (secondary N) is 1. The van der Waals surface area contributed by atoms with Crippen molar-refractivity contribution in [2.45, 2.75) is 12.2 Å². The predicted octanol–water partition coefficient (Wildman–Crippen LogP) is 0.0475. The van der Waals surface area contributed by atoms with Crippen molar-refractivity contribution in [1.29, 1.82) is 0 Å². The van der Waals surface area contributed by atoms with E-state index in [1.54, 1.807) is 24.4 Å². The molecule has 0 aliphatic rings. The van der Waals surface area contributed by atoms with E-state index in [1.807, 2.05) is 6.07 Å². The SMILES string of the molecule is NC(=O)C(O)C(O)c1cccc2[nH]ccc12. The Bertz CT molecular complexity index is 521. The summed E-state index contributed by atoms with van der Waals surface area (Å²) in [5, 5.41) is 20.0. The third kappa shape index (κ3) is 1.66. The van der Waals surface area contributed by atoms with Gasteiger partial charge in [-0.05, 0) is 17.7 Å². The molecule has 84 valence electrons. The second-order valence-corrected chi connectivity index (χ2v) is 3.58. The summed E-state index contributed by atoms with van der Waals surface area (Å²) in [6.45, 7) is 0. The molecule has 0 saturated carbocycles. The minimum absolute atomic E-state index is 0.477. The first-order valence-electron chi connectivity index (χ1n) is 4.82. The van der Waals surface area contributed by atoms with E-state index in [2.05, 4.69) is 4.98 Å². The minimum Gasteiger partial charge on any atom is -0.385 e. The lowest BCUT2D eigenvalue weighted by molar-refractivity contribution is -0.131. The van der Waals surface area contributed by atoms with Crippen LogP contribution >= 0.6 is 0 Å². The lowest BCUT2D eigenvalue weighted by Crippen LogP contribution is -2.33. The van der Waals surface area contributed by atoms with Crippen LogP contribution in [0, 0.1) is 0 Å². The highest BCUT2D eigenvalue weighted by atomic mass is 16.3. The van der Waals surface area contributed by atoms with E-state index >= 15 is 0 Å². The van der Waals surface area contributed by atoms with Gasteiger partial charge in [-0.2, -0.15) is 0 Å². The van der Waals surface area contributed by atoms with Crippen molar-refractivity contribution in [2.24, 2.45) is 5.73 Å². The Hall–Kier alpha value is -1.85. The van der Waals surface area contributed by atoms with E-state index in [0.717, 1.165) is 10.9 Å². The van der Waals surface area contributed by atoms with E-state index in [9.17, 15) is 15.0 Å². The van der Waals surface area contributed by atoms with Crippen molar-refractivity contribution in [3.05, 3.63) is 36.0 Å². The van der Waals surface area contributed by atoms with Gasteiger partial charge < -0.3 is 20.9 Å². The maximum absolute atomic E-state index is 10.8. The van der Waals surface area contributed by atoms with Gasteiger partial charge in [0.2, 0.25) is 5.91 Å². The number of hydrogen-bond donors (Lipinski definition) is 4. The molecule has 2 rings (SSSR count). The van der Waals surface area contributed by atoms with E-state index in [0.29, 0.717) is 5.56 Å². The Balaban J connectivity index is 2.46. The first-order valence-corrected chi connectivity index (χ1v) is 4.82. The van der Waals surface area contributed by atoms with E-state index < -0.39 is 18.1 Å². The highest BCUT2D eigenvalue weighted by Gasteiger charge is 2.24. The number of carbonyl (C=O) groups is 1. The number of aliphatic hydroxyl groups excluding tert-OH is 2. The Morgan fingerprint density at radius 3 is 2.75 bits per heavy atom. The zero-order valence-electron chi connectivity index (χ0n) is 8.42. The van der Waals surface area contributed by atoms with Crippen LogP contribution in [-0.4, -0.2) is 27.2 Å². The molecule has 1 aromatic carbocycles. The smallest absolute Gasteiger partial charge is 0.249 e. The van der Waals surface area contributed by atoms with Gasteiger partial charge in [-0.25, -0.2) is 0 Å². The lowest BCUT2D eigenvalue weighted by atomic mass is 10.0. The minimum atomic E-state index is -1.60. The van der Waals surface area contributed by atoms with Crippen LogP contribution in [0.3, 0.4) is 0 Å². The number of rotatable bonds is 3. The zero-order chi connectivity index (χ0) is 11.7. The number of aromatic nitrogens is 1. The Kier molecular flexibility index (Phi) is 2.64. The third-order valence-electron chi connectivity index (χ3n) is 2.54. The van der Waals surface area contributed by atoms with Crippen LogP contribution in [0.25, 0.3) is 10.9 Å². The summed E-state index contributed by atoms with van der Waals surface area (Å²) < 4.78 is 0. The number of amides is 1. The van der Waals surface area contributed by atoms with E-state index in [-0.39, 0.29) is 0 Å². The molecule has 1 aromatic heterocycles. The highest BCUT2D eigenvalue weighted by molar-refractivity contribution is 5.85. The first kappa shape index (κ1) is 10.7. The molecule has 2 unspecified atom stereocenters. The molecule has 0 bridgehead atoms. The van der Waals surface area contributed by atoms with Crippen LogP contribution in [-0.2, 0) is 4.79 Å². The molecular formula is C11H12N2O3. The number of nitrogens with two attached hydrogens (primary N) is 1. The molecule has 0 aliphatic carbocycles. The van der Waals surface area contributed by atoms with Gasteiger partial charge in [-0.1, -0.05) is 12.1 Å². The average Bonchev–Trinajstić information content (AvgIpc) is 2.74. The normalized spacial score (nSPS) is 14.9. The van der Waals surface area contributed by atoms with Crippen LogP contribution in [0.4, 0.5) is 0 Å². The molecule has 2 atom stereocenters. The van der Waals surface area contributed by atoms with Gasteiger partial charge >= 0.3 is 0 Å². The highest BCUT2D eigenvalue weighted by Crippen LogP contribution is 2.25. The second-order valence-electron chi connectivity index (χ2n) is 3.58. The fourth-order valence-corrected chi connectivity index (χ4v) is 1.69. The summed E-state index contributed by atoms with van der Waals surface area (Å²) in [6, 6.07) is 6.97. The molecule has 5 nitrogen and oxygen atoms in total. The van der Waals surface area contributed by atoms with Gasteiger partial charge in [0.25, 0.3) is 0 Å².